The fourth-order valence-corrected chi connectivity index (χ4v) is 3.58. The van der Waals surface area contributed by atoms with Gasteiger partial charge in [0.25, 0.3) is 5.91 Å². The molecule has 3 rings (SSSR count). The Bertz CT molecular complexity index is 1120. The van der Waals surface area contributed by atoms with Crippen LogP contribution in [-0.4, -0.2) is 19.2 Å². The van der Waals surface area contributed by atoms with Crippen LogP contribution in [0.4, 0.5) is 0 Å². The molecule has 0 aromatic heterocycles. The van der Waals surface area contributed by atoms with Gasteiger partial charge < -0.3 is 9.47 Å². The Hall–Kier alpha value is -2.25. The van der Waals surface area contributed by atoms with E-state index in [1.54, 1.807) is 54.6 Å². The van der Waals surface area contributed by atoms with Crippen molar-refractivity contribution in [2.24, 2.45) is 5.10 Å². The minimum atomic E-state index is -0.332. The van der Waals surface area contributed by atoms with E-state index in [9.17, 15) is 4.79 Å². The zero-order valence-corrected chi connectivity index (χ0v) is 20.0. The van der Waals surface area contributed by atoms with Crippen molar-refractivity contribution in [3.05, 3.63) is 90.8 Å². The van der Waals surface area contributed by atoms with E-state index in [1.165, 1.54) is 13.3 Å². The first-order valence-corrected chi connectivity index (χ1v) is 10.8. The first kappa shape index (κ1) is 23.4. The third kappa shape index (κ3) is 6.37. The van der Waals surface area contributed by atoms with Crippen LogP contribution in [0.25, 0.3) is 0 Å². The molecule has 1 amide bonds. The van der Waals surface area contributed by atoms with Crippen molar-refractivity contribution < 1.29 is 14.3 Å². The second-order valence-electron chi connectivity index (χ2n) is 6.26. The smallest absolute Gasteiger partial charge is 0.271 e. The highest BCUT2D eigenvalue weighted by molar-refractivity contribution is 9.10. The number of nitrogens with one attached hydrogen (secondary N) is 1. The summed E-state index contributed by atoms with van der Waals surface area (Å²) in [5, 5.41) is 5.34. The van der Waals surface area contributed by atoms with E-state index in [1.807, 2.05) is 0 Å². The molecular weight excluding hydrogens is 527 g/mol. The number of hydrogen-bond donors (Lipinski definition) is 1. The molecule has 0 saturated carbocycles. The van der Waals surface area contributed by atoms with Gasteiger partial charge in [-0.05, 0) is 54.1 Å². The van der Waals surface area contributed by atoms with Crippen molar-refractivity contribution in [3.63, 3.8) is 0 Å². The van der Waals surface area contributed by atoms with Crippen molar-refractivity contribution >= 4 is 62.9 Å². The molecule has 0 atom stereocenters. The van der Waals surface area contributed by atoms with E-state index in [0.29, 0.717) is 37.7 Å². The Balaban J connectivity index is 1.70. The minimum Gasteiger partial charge on any atom is -0.493 e. The van der Waals surface area contributed by atoms with Gasteiger partial charge in [0, 0.05) is 25.6 Å². The molecule has 0 aliphatic rings. The predicted molar refractivity (Wildman–Crippen MR) is 128 cm³/mol. The molecule has 0 aliphatic carbocycles. The van der Waals surface area contributed by atoms with Crippen LogP contribution in [-0.2, 0) is 6.61 Å². The molecule has 1 N–H and O–H groups in total. The van der Waals surface area contributed by atoms with E-state index in [0.717, 1.165) is 10.0 Å². The number of ether oxygens (including phenoxy) is 2. The molecule has 9 heteroatoms. The van der Waals surface area contributed by atoms with Crippen molar-refractivity contribution in [1.82, 2.24) is 5.43 Å². The number of hydrazone groups is 1. The topological polar surface area (TPSA) is 59.9 Å². The van der Waals surface area contributed by atoms with Crippen LogP contribution >= 0.6 is 50.7 Å². The second kappa shape index (κ2) is 10.9. The van der Waals surface area contributed by atoms with Crippen molar-refractivity contribution in [2.45, 2.75) is 6.61 Å². The maximum absolute atomic E-state index is 12.1. The molecule has 31 heavy (non-hydrogen) atoms. The highest BCUT2D eigenvalue weighted by atomic mass is 79.9. The highest BCUT2D eigenvalue weighted by Crippen LogP contribution is 2.37. The van der Waals surface area contributed by atoms with Gasteiger partial charge in [-0.2, -0.15) is 5.10 Å². The summed E-state index contributed by atoms with van der Waals surface area (Å²) in [6.45, 7) is 0.183. The minimum absolute atomic E-state index is 0.183. The fourth-order valence-electron chi connectivity index (χ4n) is 2.57. The normalized spacial score (nSPS) is 10.9. The van der Waals surface area contributed by atoms with Gasteiger partial charge in [0.2, 0.25) is 0 Å². The van der Waals surface area contributed by atoms with Gasteiger partial charge in [-0.15, -0.1) is 0 Å². The molecular formula is C22H16BrCl3N2O3. The molecule has 0 unspecified atom stereocenters. The number of rotatable bonds is 7. The van der Waals surface area contributed by atoms with Crippen LogP contribution in [0, 0.1) is 0 Å². The van der Waals surface area contributed by atoms with Crippen LogP contribution in [0.5, 0.6) is 11.5 Å². The molecule has 0 aliphatic heterocycles. The Labute approximate surface area is 203 Å². The largest absolute Gasteiger partial charge is 0.493 e. The molecule has 0 spiro atoms. The van der Waals surface area contributed by atoms with E-state index in [2.05, 4.69) is 26.5 Å². The van der Waals surface area contributed by atoms with Gasteiger partial charge >= 0.3 is 0 Å². The lowest BCUT2D eigenvalue weighted by Crippen LogP contribution is -2.17. The van der Waals surface area contributed by atoms with E-state index < -0.39 is 0 Å². The SMILES string of the molecule is COc1cc(/C=N\NC(=O)c2ccc(Br)cc2)cc(Cl)c1OCc1ccc(Cl)cc1Cl. The molecule has 0 fully saturated rings. The average molecular weight is 543 g/mol. The van der Waals surface area contributed by atoms with Gasteiger partial charge in [0.1, 0.15) is 6.61 Å². The van der Waals surface area contributed by atoms with Crippen LogP contribution in [0.1, 0.15) is 21.5 Å². The summed E-state index contributed by atoms with van der Waals surface area (Å²) in [7, 11) is 1.50. The molecule has 3 aromatic carbocycles. The van der Waals surface area contributed by atoms with Gasteiger partial charge in [0.05, 0.1) is 18.3 Å². The highest BCUT2D eigenvalue weighted by Gasteiger charge is 2.13. The van der Waals surface area contributed by atoms with Crippen molar-refractivity contribution in [1.29, 1.82) is 0 Å². The summed E-state index contributed by atoms with van der Waals surface area (Å²) in [6, 6.07) is 15.4. The van der Waals surface area contributed by atoms with Crippen LogP contribution in [0.3, 0.4) is 0 Å². The molecule has 3 aromatic rings. The van der Waals surface area contributed by atoms with Gasteiger partial charge in [-0.25, -0.2) is 5.43 Å². The first-order chi connectivity index (χ1) is 14.9. The number of nitrogens with zero attached hydrogens (tertiary/aromatic N) is 1. The number of hydrogen-bond acceptors (Lipinski definition) is 4. The number of carbonyl (C=O) groups is 1. The number of methoxy groups -OCH3 is 1. The Kier molecular flexibility index (Phi) is 8.21. The standard InChI is InChI=1S/C22H16BrCl3N2O3/c1-30-20-9-13(11-27-28-22(29)14-2-5-16(23)6-3-14)8-19(26)21(20)31-12-15-4-7-17(24)10-18(15)25/h2-11H,12H2,1H3,(H,28,29)/b27-11-. The Morgan fingerprint density at radius 3 is 2.48 bits per heavy atom. The number of halogens is 4. The molecule has 0 bridgehead atoms. The third-order valence-corrected chi connectivity index (χ3v) is 5.52. The lowest BCUT2D eigenvalue weighted by Gasteiger charge is -2.14. The fraction of sp³-hybridized carbons (Fsp3) is 0.0909. The number of carbonyl (C=O) groups excluding carboxylic acids is 1. The van der Waals surface area contributed by atoms with Crippen molar-refractivity contribution in [2.75, 3.05) is 7.11 Å². The lowest BCUT2D eigenvalue weighted by molar-refractivity contribution is 0.0955. The van der Waals surface area contributed by atoms with Gasteiger partial charge in [-0.3, -0.25) is 4.79 Å². The third-order valence-electron chi connectivity index (χ3n) is 4.13. The summed E-state index contributed by atoms with van der Waals surface area (Å²) in [4.78, 5) is 12.1. The first-order valence-electron chi connectivity index (χ1n) is 8.90. The zero-order chi connectivity index (χ0) is 22.4. The molecule has 0 saturated heterocycles. The van der Waals surface area contributed by atoms with Crippen LogP contribution < -0.4 is 14.9 Å². The Morgan fingerprint density at radius 1 is 1.06 bits per heavy atom. The molecule has 0 heterocycles. The summed E-state index contributed by atoms with van der Waals surface area (Å²) in [5.41, 5.74) is 4.33. The van der Waals surface area contributed by atoms with Crippen LogP contribution in [0.15, 0.2) is 64.2 Å². The monoisotopic (exact) mass is 540 g/mol. The van der Waals surface area contributed by atoms with E-state index in [4.69, 9.17) is 44.3 Å². The molecule has 0 radical (unpaired) electrons. The maximum Gasteiger partial charge on any atom is 0.271 e. The summed E-state index contributed by atoms with van der Waals surface area (Å²) < 4.78 is 12.1. The van der Waals surface area contributed by atoms with E-state index >= 15 is 0 Å². The van der Waals surface area contributed by atoms with Crippen molar-refractivity contribution in [3.8, 4) is 11.5 Å². The summed E-state index contributed by atoms with van der Waals surface area (Å²) >= 11 is 21.8. The molecule has 5 nitrogen and oxygen atoms in total. The van der Waals surface area contributed by atoms with Crippen LogP contribution in [0.2, 0.25) is 15.1 Å². The Morgan fingerprint density at radius 2 is 1.81 bits per heavy atom. The zero-order valence-electron chi connectivity index (χ0n) is 16.2. The van der Waals surface area contributed by atoms with Gasteiger partial charge in [-0.1, -0.05) is 56.8 Å². The maximum atomic E-state index is 12.1. The lowest BCUT2D eigenvalue weighted by atomic mass is 10.2. The van der Waals surface area contributed by atoms with E-state index in [-0.39, 0.29) is 12.5 Å². The quantitative estimate of drug-likeness (QED) is 0.265. The summed E-state index contributed by atoms with van der Waals surface area (Å²) in [5.74, 6) is 0.450. The number of amides is 1. The molecule has 160 valence electrons. The predicted octanol–water partition coefficient (Wildman–Crippen LogP) is 6.76. The second-order valence-corrected chi connectivity index (χ2v) is 8.43. The summed E-state index contributed by atoms with van der Waals surface area (Å²) in [6.07, 6.45) is 1.46. The number of benzene rings is 3. The average Bonchev–Trinajstić information content (AvgIpc) is 2.74. The van der Waals surface area contributed by atoms with Gasteiger partial charge in [0.15, 0.2) is 11.5 Å².